The molecule has 5 rings (SSSR count). The number of aromatic carboxylic acids is 1. The lowest BCUT2D eigenvalue weighted by atomic mass is 10.0. The Kier molecular flexibility index (Phi) is 8.90. The fourth-order valence-corrected chi connectivity index (χ4v) is 6.80. The molecule has 1 atom stereocenters. The third-order valence-corrected chi connectivity index (χ3v) is 9.17. The van der Waals surface area contributed by atoms with Gasteiger partial charge in [0, 0.05) is 12.1 Å². The second kappa shape index (κ2) is 12.5. The zero-order valence-corrected chi connectivity index (χ0v) is 25.1. The molecular weight excluding hydrogens is 640 g/mol. The Labute approximate surface area is 260 Å². The number of benzene rings is 3. The molecule has 1 aromatic heterocycles. The predicted molar refractivity (Wildman–Crippen MR) is 158 cm³/mol. The number of aromatic nitrogens is 3. The summed E-state index contributed by atoms with van der Waals surface area (Å²) in [5, 5.41) is 16.5. The fraction of sp³-hybridized carbons (Fsp3) is 0.233. The normalized spacial score (nSPS) is 15.5. The number of hydrogen-bond donors (Lipinski definition) is 1. The minimum Gasteiger partial charge on any atom is -0.486 e. The number of carboxylic acid groups (broad SMARTS) is 1. The van der Waals surface area contributed by atoms with E-state index >= 15 is 0 Å². The highest BCUT2D eigenvalue weighted by Crippen LogP contribution is 2.40. The average molecular weight is 665 g/mol. The average Bonchev–Trinajstić information content (AvgIpc) is 3.46. The maximum atomic E-state index is 14.5. The largest absolute Gasteiger partial charge is 0.486 e. The number of nitrogens with zero attached hydrogens (tertiary/aromatic N) is 4. The van der Waals surface area contributed by atoms with E-state index < -0.39 is 44.5 Å². The van der Waals surface area contributed by atoms with Gasteiger partial charge in [0.2, 0.25) is 0 Å². The number of halogens is 5. The molecule has 2 heterocycles. The van der Waals surface area contributed by atoms with Crippen LogP contribution in [0.5, 0.6) is 5.75 Å². The first-order chi connectivity index (χ1) is 21.2. The van der Waals surface area contributed by atoms with Gasteiger partial charge in [-0.3, -0.25) is 8.99 Å². The summed E-state index contributed by atoms with van der Waals surface area (Å²) >= 11 is 6.21. The zero-order chi connectivity index (χ0) is 32.5. The van der Waals surface area contributed by atoms with E-state index in [9.17, 15) is 30.8 Å². The Morgan fingerprint density at radius 2 is 1.91 bits per heavy atom. The smallest absolute Gasteiger partial charge is 0.416 e. The molecule has 45 heavy (non-hydrogen) atoms. The molecule has 236 valence electrons. The number of alkyl halides is 3. The van der Waals surface area contributed by atoms with Crippen molar-refractivity contribution in [3.05, 3.63) is 100 Å². The molecule has 0 radical (unpaired) electrons. The number of anilines is 1. The number of allylic oxidation sites excluding steroid dienone is 1. The highest BCUT2D eigenvalue weighted by molar-refractivity contribution is 7.92. The van der Waals surface area contributed by atoms with Gasteiger partial charge in [-0.15, -0.1) is 5.10 Å². The minimum absolute atomic E-state index is 0.0900. The van der Waals surface area contributed by atoms with E-state index in [4.69, 9.17) is 21.4 Å². The summed E-state index contributed by atoms with van der Waals surface area (Å²) in [5.74, 6) is -1.60. The van der Waals surface area contributed by atoms with Crippen molar-refractivity contribution < 1.29 is 40.6 Å². The van der Waals surface area contributed by atoms with Crippen LogP contribution in [-0.4, -0.2) is 47.1 Å². The van der Waals surface area contributed by atoms with Crippen molar-refractivity contribution in [3.8, 4) is 5.75 Å². The topological polar surface area (TPSA) is 115 Å². The van der Waals surface area contributed by atoms with E-state index in [0.29, 0.717) is 30.0 Å². The molecule has 0 bridgehead atoms. The molecule has 3 aromatic carbocycles. The van der Waals surface area contributed by atoms with Gasteiger partial charge in [0.1, 0.15) is 17.7 Å². The summed E-state index contributed by atoms with van der Waals surface area (Å²) in [7, 11) is -4.53. The SMILES string of the molecule is C/C(=C\c1ccc2c(c1)N(S(=O)(=O)c1cccc(C(F)(F)F)c1)C[C@H](CCCn1cc(C(=O)O)nn1)O2)c1c(F)cccc1Cl. The lowest BCUT2D eigenvalue weighted by Gasteiger charge is -2.36. The summed E-state index contributed by atoms with van der Waals surface area (Å²) in [4.78, 5) is 10.5. The number of sulfonamides is 1. The number of carbonyl (C=O) groups is 1. The molecule has 9 nitrogen and oxygen atoms in total. The van der Waals surface area contributed by atoms with Crippen LogP contribution >= 0.6 is 11.6 Å². The standard InChI is InChI=1S/C30H25ClF4N4O5S/c1-18(28-23(31)8-3-9-24(28)32)13-19-10-11-27-26(14-19)39(45(42,43)22-7-2-5-20(15-22)30(33,34)35)16-21(44-27)6-4-12-38-17-25(29(40)41)36-37-38/h2-3,5,7-11,13-15,17,21H,4,6,12,16H2,1H3,(H,40,41)/b18-13+/t21-/m0/s1. The second-order valence-corrected chi connectivity index (χ2v) is 12.5. The van der Waals surface area contributed by atoms with Crippen molar-refractivity contribution in [1.82, 2.24) is 15.0 Å². The van der Waals surface area contributed by atoms with E-state index in [1.54, 1.807) is 19.1 Å². The number of fused-ring (bicyclic) bond motifs is 1. The molecule has 0 saturated carbocycles. The van der Waals surface area contributed by atoms with E-state index in [1.165, 1.54) is 41.2 Å². The van der Waals surface area contributed by atoms with Crippen LogP contribution in [0.4, 0.5) is 23.2 Å². The van der Waals surface area contributed by atoms with Gasteiger partial charge in [-0.2, -0.15) is 13.2 Å². The first kappa shape index (κ1) is 32.0. The maximum Gasteiger partial charge on any atom is 0.416 e. The summed E-state index contributed by atoms with van der Waals surface area (Å²) in [6.07, 6.45) is -1.92. The maximum absolute atomic E-state index is 14.5. The van der Waals surface area contributed by atoms with Gasteiger partial charge >= 0.3 is 12.1 Å². The Hall–Kier alpha value is -4.43. The zero-order valence-electron chi connectivity index (χ0n) is 23.5. The van der Waals surface area contributed by atoms with Crippen molar-refractivity contribution in [2.45, 2.75) is 43.5 Å². The number of aryl methyl sites for hydroxylation is 1. The van der Waals surface area contributed by atoms with E-state index in [0.717, 1.165) is 22.5 Å². The van der Waals surface area contributed by atoms with Crippen molar-refractivity contribution in [1.29, 1.82) is 0 Å². The van der Waals surface area contributed by atoms with Crippen LogP contribution < -0.4 is 9.04 Å². The second-order valence-electron chi connectivity index (χ2n) is 10.3. The number of carboxylic acids is 1. The minimum atomic E-state index is -4.76. The number of hydrogen-bond acceptors (Lipinski definition) is 6. The van der Waals surface area contributed by atoms with Gasteiger partial charge in [-0.25, -0.2) is 17.6 Å². The first-order valence-corrected chi connectivity index (χ1v) is 15.3. The van der Waals surface area contributed by atoms with Gasteiger partial charge < -0.3 is 9.84 Å². The van der Waals surface area contributed by atoms with E-state index in [2.05, 4.69) is 10.3 Å². The highest BCUT2D eigenvalue weighted by Gasteiger charge is 2.37. The molecule has 0 unspecified atom stereocenters. The lowest BCUT2D eigenvalue weighted by molar-refractivity contribution is -0.137. The van der Waals surface area contributed by atoms with Crippen molar-refractivity contribution in [2.24, 2.45) is 0 Å². The molecule has 0 saturated heterocycles. The van der Waals surface area contributed by atoms with Crippen LogP contribution in [0.15, 0.2) is 71.8 Å². The van der Waals surface area contributed by atoms with Gasteiger partial charge in [0.25, 0.3) is 10.0 Å². The molecule has 1 aliphatic rings. The fourth-order valence-electron chi connectivity index (χ4n) is 4.94. The number of rotatable bonds is 9. The third kappa shape index (κ3) is 6.96. The summed E-state index contributed by atoms with van der Waals surface area (Å²) < 4.78 is 91.3. The van der Waals surface area contributed by atoms with Gasteiger partial charge in [0.05, 0.1) is 33.9 Å². The molecule has 4 aromatic rings. The Balaban J connectivity index is 1.49. The highest BCUT2D eigenvalue weighted by atomic mass is 35.5. The quantitative estimate of drug-likeness (QED) is 0.155. The van der Waals surface area contributed by atoms with Crippen LogP contribution in [0.25, 0.3) is 11.6 Å². The Morgan fingerprint density at radius 1 is 1.16 bits per heavy atom. The van der Waals surface area contributed by atoms with Crippen LogP contribution in [0, 0.1) is 5.82 Å². The Morgan fingerprint density at radius 3 is 2.60 bits per heavy atom. The first-order valence-electron chi connectivity index (χ1n) is 13.5. The van der Waals surface area contributed by atoms with Crippen LogP contribution in [0.1, 0.15) is 46.9 Å². The van der Waals surface area contributed by atoms with Crippen LogP contribution in [0.2, 0.25) is 5.02 Å². The predicted octanol–water partition coefficient (Wildman–Crippen LogP) is 6.78. The third-order valence-electron chi connectivity index (χ3n) is 7.08. The Bertz CT molecular complexity index is 1870. The summed E-state index contributed by atoms with van der Waals surface area (Å²) in [6.45, 7) is 1.67. The lowest BCUT2D eigenvalue weighted by Crippen LogP contribution is -2.43. The van der Waals surface area contributed by atoms with E-state index in [-0.39, 0.29) is 40.8 Å². The molecular formula is C30H25ClF4N4O5S. The molecule has 0 amide bonds. The number of ether oxygens (including phenoxy) is 1. The van der Waals surface area contributed by atoms with E-state index in [1.807, 2.05) is 0 Å². The van der Waals surface area contributed by atoms with Crippen LogP contribution in [-0.2, 0) is 22.7 Å². The molecule has 0 fully saturated rings. The molecule has 0 spiro atoms. The van der Waals surface area contributed by atoms with Crippen molar-refractivity contribution >= 4 is 44.9 Å². The van der Waals surface area contributed by atoms with Crippen molar-refractivity contribution in [3.63, 3.8) is 0 Å². The van der Waals surface area contributed by atoms with Gasteiger partial charge in [-0.1, -0.05) is 41.1 Å². The van der Waals surface area contributed by atoms with Crippen molar-refractivity contribution in [2.75, 3.05) is 10.8 Å². The van der Waals surface area contributed by atoms with Gasteiger partial charge in [-0.05, 0) is 73.4 Å². The molecule has 1 aliphatic heterocycles. The molecule has 0 aliphatic carbocycles. The molecule has 15 heteroatoms. The van der Waals surface area contributed by atoms with Gasteiger partial charge in [0.15, 0.2) is 5.69 Å². The molecule has 1 N–H and O–H groups in total. The summed E-state index contributed by atoms with van der Waals surface area (Å²) in [6, 6.07) is 12.4. The van der Waals surface area contributed by atoms with Crippen LogP contribution in [0.3, 0.4) is 0 Å². The summed E-state index contributed by atoms with van der Waals surface area (Å²) in [5.41, 5.74) is -0.155. The monoisotopic (exact) mass is 664 g/mol.